The molecule has 2 aromatic heterocycles. The van der Waals surface area contributed by atoms with E-state index in [1.807, 2.05) is 12.1 Å². The van der Waals surface area contributed by atoms with Gasteiger partial charge in [-0.1, -0.05) is 31.8 Å². The van der Waals surface area contributed by atoms with Crippen molar-refractivity contribution >= 4 is 5.88 Å². The predicted octanol–water partition coefficient (Wildman–Crippen LogP) is 4.18. The number of pyridine rings is 1. The van der Waals surface area contributed by atoms with Crippen LogP contribution in [0.15, 0.2) is 29.0 Å². The maximum absolute atomic E-state index is 6.08. The molecule has 0 unspecified atom stereocenters. The van der Waals surface area contributed by atoms with E-state index in [1.165, 1.54) is 25.7 Å². The lowest BCUT2D eigenvalue weighted by molar-refractivity contribution is 0.316. The fourth-order valence-electron chi connectivity index (χ4n) is 3.83. The summed E-state index contributed by atoms with van der Waals surface area (Å²) in [7, 11) is 0. The molecular weight excluding hydrogens is 262 g/mol. The smallest absolute Gasteiger partial charge is 0.230 e. The number of rotatable bonds is 4. The molecule has 0 saturated heterocycles. The van der Waals surface area contributed by atoms with Crippen molar-refractivity contribution in [3.63, 3.8) is 0 Å². The molecule has 0 radical (unpaired) electrons. The monoisotopic (exact) mass is 285 g/mol. The van der Waals surface area contributed by atoms with Gasteiger partial charge < -0.3 is 10.3 Å². The van der Waals surface area contributed by atoms with E-state index in [1.54, 1.807) is 12.4 Å². The second-order valence-corrected chi connectivity index (χ2v) is 6.59. The molecule has 2 N–H and O–H groups in total. The van der Waals surface area contributed by atoms with Crippen molar-refractivity contribution in [2.45, 2.75) is 51.4 Å². The maximum Gasteiger partial charge on any atom is 0.230 e. The first-order valence-electron chi connectivity index (χ1n) is 7.78. The highest BCUT2D eigenvalue weighted by Gasteiger charge is 2.41. The minimum absolute atomic E-state index is 0.119. The molecule has 0 aliphatic heterocycles. The number of nitrogens with zero attached hydrogens (tertiary/aromatic N) is 2. The molecule has 21 heavy (non-hydrogen) atoms. The molecular formula is C17H23N3O. The van der Waals surface area contributed by atoms with Gasteiger partial charge in [0.1, 0.15) is 0 Å². The van der Waals surface area contributed by atoms with Gasteiger partial charge in [0.05, 0.1) is 11.3 Å². The average molecular weight is 285 g/mol. The molecule has 4 nitrogen and oxygen atoms in total. The third-order valence-electron chi connectivity index (χ3n) is 4.55. The van der Waals surface area contributed by atoms with Crippen molar-refractivity contribution < 1.29 is 4.52 Å². The Balaban J connectivity index is 2.10. The summed E-state index contributed by atoms with van der Waals surface area (Å²) in [6, 6.07) is 3.95. The number of anilines is 1. The molecule has 0 aromatic carbocycles. The maximum atomic E-state index is 6.08. The first kappa shape index (κ1) is 14.1. The van der Waals surface area contributed by atoms with Crippen LogP contribution >= 0.6 is 0 Å². The number of hydrogen-bond acceptors (Lipinski definition) is 4. The minimum atomic E-state index is 0.119. The van der Waals surface area contributed by atoms with Crippen molar-refractivity contribution in [3.05, 3.63) is 30.2 Å². The fourth-order valence-corrected chi connectivity index (χ4v) is 3.83. The molecule has 1 aliphatic rings. The summed E-state index contributed by atoms with van der Waals surface area (Å²) in [6.07, 6.45) is 9.58. The Labute approximate surface area is 125 Å². The van der Waals surface area contributed by atoms with E-state index < -0.39 is 0 Å². The van der Waals surface area contributed by atoms with Crippen LogP contribution in [0.1, 0.15) is 51.6 Å². The topological polar surface area (TPSA) is 64.9 Å². The van der Waals surface area contributed by atoms with Crippen molar-refractivity contribution in [2.24, 2.45) is 5.92 Å². The molecule has 4 heteroatoms. The highest BCUT2D eigenvalue weighted by molar-refractivity contribution is 5.75. The zero-order valence-corrected chi connectivity index (χ0v) is 12.8. The Kier molecular flexibility index (Phi) is 3.70. The van der Waals surface area contributed by atoms with E-state index in [2.05, 4.69) is 24.0 Å². The second kappa shape index (κ2) is 5.51. The molecule has 0 amide bonds. The summed E-state index contributed by atoms with van der Waals surface area (Å²) < 4.78 is 5.38. The van der Waals surface area contributed by atoms with Crippen molar-refractivity contribution in [1.29, 1.82) is 0 Å². The minimum Gasteiger partial charge on any atom is -0.367 e. The summed E-state index contributed by atoms with van der Waals surface area (Å²) in [5.74, 6) is 1.05. The number of aromatic nitrogens is 2. The van der Waals surface area contributed by atoms with E-state index in [0.29, 0.717) is 11.8 Å². The number of nitrogen functional groups attached to an aromatic ring is 1. The lowest BCUT2D eigenvalue weighted by Crippen LogP contribution is -2.25. The van der Waals surface area contributed by atoms with Crippen LogP contribution in [-0.4, -0.2) is 10.1 Å². The van der Waals surface area contributed by atoms with Crippen LogP contribution < -0.4 is 5.73 Å². The van der Waals surface area contributed by atoms with Gasteiger partial charge in [0.15, 0.2) is 0 Å². The van der Waals surface area contributed by atoms with E-state index in [4.69, 9.17) is 10.3 Å². The molecule has 1 saturated carbocycles. The van der Waals surface area contributed by atoms with Crippen LogP contribution in [0.2, 0.25) is 0 Å². The predicted molar refractivity (Wildman–Crippen MR) is 83.7 cm³/mol. The first-order valence-corrected chi connectivity index (χ1v) is 7.78. The van der Waals surface area contributed by atoms with Gasteiger partial charge in [0, 0.05) is 17.8 Å². The van der Waals surface area contributed by atoms with Gasteiger partial charge in [-0.25, -0.2) is 0 Å². The van der Waals surface area contributed by atoms with Crippen LogP contribution in [-0.2, 0) is 5.41 Å². The second-order valence-electron chi connectivity index (χ2n) is 6.59. The van der Waals surface area contributed by atoms with Crippen molar-refractivity contribution in [2.75, 3.05) is 5.73 Å². The van der Waals surface area contributed by atoms with Gasteiger partial charge in [-0.3, -0.25) is 4.98 Å². The van der Waals surface area contributed by atoms with Gasteiger partial charge >= 0.3 is 0 Å². The van der Waals surface area contributed by atoms with E-state index in [0.717, 1.165) is 23.2 Å². The van der Waals surface area contributed by atoms with E-state index in [9.17, 15) is 0 Å². The third kappa shape index (κ3) is 2.55. The summed E-state index contributed by atoms with van der Waals surface area (Å²) in [5, 5.41) is 4.38. The molecule has 0 bridgehead atoms. The van der Waals surface area contributed by atoms with Crippen molar-refractivity contribution in [3.8, 4) is 11.1 Å². The Morgan fingerprint density at radius 1 is 1.24 bits per heavy atom. The summed E-state index contributed by atoms with van der Waals surface area (Å²) in [6.45, 7) is 4.55. The molecule has 0 spiro atoms. The van der Waals surface area contributed by atoms with Crippen LogP contribution in [0.5, 0.6) is 0 Å². The molecule has 0 atom stereocenters. The lowest BCUT2D eigenvalue weighted by Gasteiger charge is -2.29. The average Bonchev–Trinajstić information content (AvgIpc) is 3.07. The largest absolute Gasteiger partial charge is 0.367 e. The summed E-state index contributed by atoms with van der Waals surface area (Å²) >= 11 is 0. The zero-order valence-electron chi connectivity index (χ0n) is 12.8. The van der Waals surface area contributed by atoms with Crippen LogP contribution in [0, 0.1) is 5.92 Å². The van der Waals surface area contributed by atoms with Crippen LogP contribution in [0.4, 0.5) is 5.88 Å². The molecule has 2 heterocycles. The van der Waals surface area contributed by atoms with Gasteiger partial charge in [0.25, 0.3) is 0 Å². The first-order chi connectivity index (χ1) is 10.1. The van der Waals surface area contributed by atoms with Gasteiger partial charge in [0.2, 0.25) is 5.88 Å². The van der Waals surface area contributed by atoms with E-state index >= 15 is 0 Å². The normalized spacial score (nSPS) is 17.5. The molecule has 3 rings (SSSR count). The number of hydrogen-bond donors (Lipinski definition) is 1. The SMILES string of the molecule is CC(C)CC1(c2noc(N)c2-c2ccncc2)CCCC1. The highest BCUT2D eigenvalue weighted by atomic mass is 16.5. The van der Waals surface area contributed by atoms with Crippen molar-refractivity contribution in [1.82, 2.24) is 10.1 Å². The Hall–Kier alpha value is -1.84. The summed E-state index contributed by atoms with van der Waals surface area (Å²) in [5.41, 5.74) is 9.28. The van der Waals surface area contributed by atoms with Crippen LogP contribution in [0.25, 0.3) is 11.1 Å². The third-order valence-corrected chi connectivity index (χ3v) is 4.55. The van der Waals surface area contributed by atoms with Gasteiger partial charge in [-0.15, -0.1) is 0 Å². The molecule has 2 aromatic rings. The Bertz CT molecular complexity index is 598. The van der Waals surface area contributed by atoms with Gasteiger partial charge in [-0.2, -0.15) is 0 Å². The highest BCUT2D eigenvalue weighted by Crippen LogP contribution is 2.49. The quantitative estimate of drug-likeness (QED) is 0.915. The fraction of sp³-hybridized carbons (Fsp3) is 0.529. The lowest BCUT2D eigenvalue weighted by atomic mass is 9.74. The summed E-state index contributed by atoms with van der Waals surface area (Å²) in [4.78, 5) is 4.09. The van der Waals surface area contributed by atoms with Crippen LogP contribution in [0.3, 0.4) is 0 Å². The molecule has 1 fully saturated rings. The Morgan fingerprint density at radius 3 is 2.52 bits per heavy atom. The number of nitrogens with two attached hydrogens (primary N) is 1. The zero-order chi connectivity index (χ0) is 14.9. The van der Waals surface area contributed by atoms with E-state index in [-0.39, 0.29) is 5.41 Å². The standard InChI is InChI=1S/C17H23N3O/c1-12(2)11-17(7-3-4-8-17)15-14(16(18)21-20-15)13-5-9-19-10-6-13/h5-6,9-10,12H,3-4,7-8,11,18H2,1-2H3. The molecule has 1 aliphatic carbocycles. The van der Waals surface area contributed by atoms with Gasteiger partial charge in [-0.05, 0) is 42.9 Å². The Morgan fingerprint density at radius 2 is 1.90 bits per heavy atom. The molecule has 112 valence electrons.